The number of hydrogen-bond acceptors (Lipinski definition) is 5. The summed E-state index contributed by atoms with van der Waals surface area (Å²) >= 11 is 7.68. The van der Waals surface area contributed by atoms with Gasteiger partial charge in [-0.05, 0) is 36.6 Å². The van der Waals surface area contributed by atoms with E-state index in [2.05, 4.69) is 20.3 Å². The third kappa shape index (κ3) is 4.77. The van der Waals surface area contributed by atoms with Crippen LogP contribution in [0.2, 0.25) is 5.02 Å². The van der Waals surface area contributed by atoms with Crippen LogP contribution in [-0.4, -0.2) is 44.8 Å². The maximum absolute atomic E-state index is 12.7. The molecule has 0 radical (unpaired) electrons. The number of rotatable bonds is 5. The molecular weight excluding hydrogens is 458 g/mol. The van der Waals surface area contributed by atoms with Crippen LogP contribution in [0.15, 0.2) is 53.9 Å². The fraction of sp³-hybridized carbons (Fsp3) is 0.250. The molecule has 0 spiro atoms. The molecule has 0 unspecified atom stereocenters. The van der Waals surface area contributed by atoms with Gasteiger partial charge < -0.3 is 9.88 Å². The van der Waals surface area contributed by atoms with E-state index in [4.69, 9.17) is 11.6 Å². The Labute approximate surface area is 199 Å². The molecule has 3 heterocycles. The van der Waals surface area contributed by atoms with E-state index < -0.39 is 0 Å². The van der Waals surface area contributed by atoms with E-state index >= 15 is 0 Å². The van der Waals surface area contributed by atoms with E-state index in [0.29, 0.717) is 36.2 Å². The molecule has 168 valence electrons. The molecule has 1 aliphatic rings. The van der Waals surface area contributed by atoms with E-state index in [0.717, 1.165) is 34.4 Å². The highest BCUT2D eigenvalue weighted by molar-refractivity contribution is 7.10. The number of nitrogens with zero attached hydrogens (tertiary/aromatic N) is 3. The van der Waals surface area contributed by atoms with Crippen LogP contribution in [0.3, 0.4) is 0 Å². The number of likely N-dealkylation sites (tertiary alicyclic amines) is 1. The first kappa shape index (κ1) is 21.6. The molecule has 1 fully saturated rings. The summed E-state index contributed by atoms with van der Waals surface area (Å²) in [6.07, 6.45) is 1.96. The number of carbonyl (C=O) groups is 2. The van der Waals surface area contributed by atoms with Gasteiger partial charge in [0.05, 0.1) is 22.5 Å². The van der Waals surface area contributed by atoms with Gasteiger partial charge in [0.1, 0.15) is 5.69 Å². The normalized spacial score (nSPS) is 14.5. The summed E-state index contributed by atoms with van der Waals surface area (Å²) in [6, 6.07) is 15.1. The summed E-state index contributed by atoms with van der Waals surface area (Å²) in [5.74, 6) is 0.448. The predicted octanol–water partition coefficient (Wildman–Crippen LogP) is 4.87. The van der Waals surface area contributed by atoms with E-state index in [1.807, 2.05) is 47.4 Å². The number of imidazole rings is 1. The number of fused-ring (bicyclic) bond motifs is 1. The predicted molar refractivity (Wildman–Crippen MR) is 130 cm³/mol. The molecule has 0 bridgehead atoms. The number of aromatic nitrogens is 3. The summed E-state index contributed by atoms with van der Waals surface area (Å²) in [4.78, 5) is 39.3. The van der Waals surface area contributed by atoms with Crippen molar-refractivity contribution in [3.8, 4) is 0 Å². The van der Waals surface area contributed by atoms with Crippen LogP contribution in [0.5, 0.6) is 0 Å². The summed E-state index contributed by atoms with van der Waals surface area (Å²) in [6.45, 7) is 1.35. The fourth-order valence-electron chi connectivity index (χ4n) is 4.06. The topological polar surface area (TPSA) is 91.0 Å². The second-order valence-electron chi connectivity index (χ2n) is 8.05. The Bertz CT molecular complexity index is 1280. The van der Waals surface area contributed by atoms with Crippen molar-refractivity contribution in [1.29, 1.82) is 0 Å². The van der Waals surface area contributed by atoms with Crippen LogP contribution >= 0.6 is 22.9 Å². The quantitative estimate of drug-likeness (QED) is 0.427. The Morgan fingerprint density at radius 2 is 1.85 bits per heavy atom. The average molecular weight is 480 g/mol. The third-order valence-corrected chi connectivity index (χ3v) is 7.25. The maximum Gasteiger partial charge on any atom is 0.277 e. The first-order valence-corrected chi connectivity index (χ1v) is 12.1. The van der Waals surface area contributed by atoms with Crippen molar-refractivity contribution in [2.75, 3.05) is 18.4 Å². The van der Waals surface area contributed by atoms with Crippen LogP contribution in [0, 0.1) is 0 Å². The van der Waals surface area contributed by atoms with E-state index in [9.17, 15) is 9.59 Å². The minimum atomic E-state index is -0.288. The van der Waals surface area contributed by atoms with E-state index in [1.165, 1.54) is 11.3 Å². The van der Waals surface area contributed by atoms with Crippen molar-refractivity contribution in [1.82, 2.24) is 19.9 Å². The van der Waals surface area contributed by atoms with Gasteiger partial charge in [-0.15, -0.1) is 11.3 Å². The Morgan fingerprint density at radius 3 is 2.64 bits per heavy atom. The Kier molecular flexibility index (Phi) is 6.11. The molecule has 2 N–H and O–H groups in total. The molecule has 5 rings (SSSR count). The number of carbonyl (C=O) groups excluding carboxylic acids is 2. The largest absolute Gasteiger partial charge is 0.342 e. The number of H-pyrrole nitrogens is 1. The molecular formula is C24H22ClN5O2S. The second kappa shape index (κ2) is 9.33. The molecule has 2 aromatic heterocycles. The van der Waals surface area contributed by atoms with Crippen LogP contribution in [0.1, 0.15) is 39.8 Å². The zero-order chi connectivity index (χ0) is 22.8. The van der Waals surface area contributed by atoms with Crippen molar-refractivity contribution < 1.29 is 9.59 Å². The van der Waals surface area contributed by atoms with Crippen molar-refractivity contribution >= 4 is 51.7 Å². The van der Waals surface area contributed by atoms with Crippen LogP contribution < -0.4 is 5.32 Å². The summed E-state index contributed by atoms with van der Waals surface area (Å²) < 4.78 is 0. The van der Waals surface area contributed by atoms with Gasteiger partial charge in [-0.1, -0.05) is 41.9 Å². The van der Waals surface area contributed by atoms with Gasteiger partial charge in [-0.2, -0.15) is 0 Å². The lowest BCUT2D eigenvalue weighted by atomic mass is 9.97. The monoisotopic (exact) mass is 479 g/mol. The lowest BCUT2D eigenvalue weighted by molar-refractivity contribution is -0.131. The number of thiazole rings is 1. The van der Waals surface area contributed by atoms with Crippen LogP contribution in [0.25, 0.3) is 11.0 Å². The molecule has 4 aromatic rings. The molecule has 0 saturated carbocycles. The third-order valence-electron chi connectivity index (χ3n) is 5.87. The number of nitrogens with one attached hydrogen (secondary N) is 2. The zero-order valence-corrected chi connectivity index (χ0v) is 19.3. The molecule has 0 atom stereocenters. The van der Waals surface area contributed by atoms with E-state index in [1.54, 1.807) is 11.4 Å². The molecule has 33 heavy (non-hydrogen) atoms. The number of anilines is 1. The fourth-order valence-corrected chi connectivity index (χ4v) is 5.23. The molecule has 1 aliphatic heterocycles. The molecule has 1 saturated heterocycles. The number of para-hydroxylation sites is 2. The number of benzene rings is 2. The highest BCUT2D eigenvalue weighted by Crippen LogP contribution is 2.31. The van der Waals surface area contributed by atoms with Crippen LogP contribution in [-0.2, 0) is 11.2 Å². The van der Waals surface area contributed by atoms with Gasteiger partial charge in [-0.25, -0.2) is 9.97 Å². The number of piperidine rings is 1. The molecule has 7 nitrogen and oxygen atoms in total. The smallest absolute Gasteiger partial charge is 0.277 e. The number of amides is 2. The first-order chi connectivity index (χ1) is 16.1. The summed E-state index contributed by atoms with van der Waals surface area (Å²) in [7, 11) is 0. The second-order valence-corrected chi connectivity index (χ2v) is 9.35. The van der Waals surface area contributed by atoms with Crippen molar-refractivity contribution in [3.63, 3.8) is 0 Å². The average Bonchev–Trinajstić information content (AvgIpc) is 3.48. The molecule has 9 heteroatoms. The first-order valence-electron chi connectivity index (χ1n) is 10.8. The molecule has 2 aromatic carbocycles. The summed E-state index contributed by atoms with van der Waals surface area (Å²) in [5.41, 5.74) is 2.89. The number of aromatic amines is 1. The van der Waals surface area contributed by atoms with Crippen LogP contribution in [0.4, 0.5) is 5.95 Å². The van der Waals surface area contributed by atoms with Crippen molar-refractivity contribution in [2.45, 2.75) is 25.2 Å². The van der Waals surface area contributed by atoms with Gasteiger partial charge in [0.15, 0.2) is 0 Å². The Balaban J connectivity index is 1.17. The number of hydrogen-bond donors (Lipinski definition) is 2. The number of halogens is 1. The minimum absolute atomic E-state index is 0.0894. The molecule has 0 aliphatic carbocycles. The van der Waals surface area contributed by atoms with Gasteiger partial charge in [0.25, 0.3) is 5.91 Å². The van der Waals surface area contributed by atoms with Gasteiger partial charge in [-0.3, -0.25) is 14.9 Å². The van der Waals surface area contributed by atoms with Crippen molar-refractivity contribution in [2.24, 2.45) is 0 Å². The van der Waals surface area contributed by atoms with E-state index in [-0.39, 0.29) is 17.7 Å². The minimum Gasteiger partial charge on any atom is -0.342 e. The highest BCUT2D eigenvalue weighted by Gasteiger charge is 2.26. The van der Waals surface area contributed by atoms with Gasteiger partial charge in [0.2, 0.25) is 11.9 Å². The van der Waals surface area contributed by atoms with Crippen molar-refractivity contribution in [3.05, 3.63) is 75.2 Å². The highest BCUT2D eigenvalue weighted by atomic mass is 35.5. The SMILES string of the molecule is O=C(Nc1nc2ccccc2[nH]1)c1csc(C2CCN(C(=O)Cc3ccccc3Cl)CC2)n1. The zero-order valence-electron chi connectivity index (χ0n) is 17.8. The van der Waals surface area contributed by atoms with Gasteiger partial charge in [0, 0.05) is 29.4 Å². The standard InChI is InChI=1S/C24H22ClN5O2S/c25-17-6-2-1-5-16(17)13-21(31)30-11-9-15(10-12-30)23-26-20(14-33-23)22(32)29-24-27-18-7-3-4-8-19(18)28-24/h1-8,14-15H,9-13H2,(H2,27,28,29,32). The lowest BCUT2D eigenvalue weighted by Crippen LogP contribution is -2.38. The lowest BCUT2D eigenvalue weighted by Gasteiger charge is -2.31. The Morgan fingerprint density at radius 1 is 1.09 bits per heavy atom. The maximum atomic E-state index is 12.7. The molecule has 2 amide bonds. The Hall–Kier alpha value is -3.23. The summed E-state index contributed by atoms with van der Waals surface area (Å²) in [5, 5.41) is 6.12. The van der Waals surface area contributed by atoms with Gasteiger partial charge >= 0.3 is 0 Å².